The maximum Gasteiger partial charge on any atom is 0.326 e. The highest BCUT2D eigenvalue weighted by Crippen LogP contribution is 2.05. The molecule has 0 saturated heterocycles. The third kappa shape index (κ3) is 10.9. The average Bonchev–Trinajstić information content (AvgIpc) is 2.65. The number of hydrogen-bond donors (Lipinski definition) is 7. The number of nitrogens with one attached hydrogen (secondary N) is 3. The third-order valence-electron chi connectivity index (χ3n) is 4.33. The van der Waals surface area contributed by atoms with Gasteiger partial charge in [0, 0.05) is 12.8 Å². The first-order valence-corrected chi connectivity index (χ1v) is 9.72. The van der Waals surface area contributed by atoms with E-state index in [1.54, 1.807) is 13.8 Å². The normalized spacial score (nSPS) is 14.6. The number of nitrogens with two attached hydrogens (primary N) is 3. The van der Waals surface area contributed by atoms with Crippen LogP contribution >= 0.6 is 0 Å². The minimum atomic E-state index is -1.26. The van der Waals surface area contributed by atoms with Crippen LogP contribution in [0.15, 0.2) is 0 Å². The number of carbonyl (C=O) groups is 6. The zero-order valence-corrected chi connectivity index (χ0v) is 17.8. The zero-order valence-electron chi connectivity index (χ0n) is 17.8. The molecule has 0 rings (SSSR count). The van der Waals surface area contributed by atoms with E-state index >= 15 is 0 Å². The van der Waals surface area contributed by atoms with Gasteiger partial charge in [0.05, 0.1) is 6.04 Å². The van der Waals surface area contributed by atoms with Crippen LogP contribution in [0.5, 0.6) is 0 Å². The van der Waals surface area contributed by atoms with Gasteiger partial charge in [-0.25, -0.2) is 4.79 Å². The van der Waals surface area contributed by atoms with Gasteiger partial charge >= 0.3 is 5.97 Å². The van der Waals surface area contributed by atoms with Crippen molar-refractivity contribution < 1.29 is 33.9 Å². The molecule has 0 aliphatic heterocycles. The van der Waals surface area contributed by atoms with Gasteiger partial charge < -0.3 is 38.3 Å². The second-order valence-corrected chi connectivity index (χ2v) is 7.48. The van der Waals surface area contributed by atoms with Crippen molar-refractivity contribution in [1.29, 1.82) is 0 Å². The molecule has 0 saturated carbocycles. The first-order chi connectivity index (χ1) is 14.3. The Bertz CT molecular complexity index is 697. The van der Waals surface area contributed by atoms with Crippen LogP contribution in [0.3, 0.4) is 0 Å². The van der Waals surface area contributed by atoms with Crippen LogP contribution in [0.1, 0.15) is 46.5 Å². The van der Waals surface area contributed by atoms with Gasteiger partial charge in [-0.2, -0.15) is 0 Å². The molecular weight excluding hydrogens is 412 g/mol. The van der Waals surface area contributed by atoms with Gasteiger partial charge in [-0.3, -0.25) is 24.0 Å². The predicted octanol–water partition coefficient (Wildman–Crippen LogP) is -2.94. The van der Waals surface area contributed by atoms with Crippen molar-refractivity contribution in [2.24, 2.45) is 23.1 Å². The number of carbonyl (C=O) groups excluding carboxylic acids is 5. The van der Waals surface area contributed by atoms with Gasteiger partial charge in [0.15, 0.2) is 0 Å². The van der Waals surface area contributed by atoms with Crippen molar-refractivity contribution in [3.8, 4) is 0 Å². The van der Waals surface area contributed by atoms with Crippen LogP contribution in [-0.2, 0) is 28.8 Å². The van der Waals surface area contributed by atoms with Crippen molar-refractivity contribution in [2.45, 2.75) is 70.6 Å². The molecule has 0 aliphatic rings. The van der Waals surface area contributed by atoms with Crippen LogP contribution in [0.2, 0.25) is 0 Å². The molecule has 4 unspecified atom stereocenters. The van der Waals surface area contributed by atoms with E-state index in [4.69, 9.17) is 17.2 Å². The Morgan fingerprint density at radius 2 is 1.29 bits per heavy atom. The fourth-order valence-corrected chi connectivity index (χ4v) is 2.43. The van der Waals surface area contributed by atoms with Crippen molar-refractivity contribution in [3.05, 3.63) is 0 Å². The number of rotatable bonds is 14. The van der Waals surface area contributed by atoms with Gasteiger partial charge in [0.25, 0.3) is 0 Å². The molecular formula is C18H32N6O7. The van der Waals surface area contributed by atoms with E-state index < -0.39 is 65.6 Å². The second-order valence-electron chi connectivity index (χ2n) is 7.48. The van der Waals surface area contributed by atoms with E-state index in [1.807, 2.05) is 0 Å². The first-order valence-electron chi connectivity index (χ1n) is 9.72. The fraction of sp³-hybridized carbons (Fsp3) is 0.667. The van der Waals surface area contributed by atoms with Crippen LogP contribution in [-0.4, -0.2) is 64.8 Å². The molecule has 0 aromatic carbocycles. The molecule has 5 amide bonds. The lowest BCUT2D eigenvalue weighted by atomic mass is 10.0. The number of hydrogen-bond acceptors (Lipinski definition) is 7. The summed E-state index contributed by atoms with van der Waals surface area (Å²) in [7, 11) is 0. The summed E-state index contributed by atoms with van der Waals surface area (Å²) in [5, 5.41) is 16.3. The molecule has 0 bridgehead atoms. The highest BCUT2D eigenvalue weighted by molar-refractivity contribution is 5.94. The topological polar surface area (TPSA) is 237 Å². The molecule has 13 heteroatoms. The number of aliphatic carboxylic acids is 1. The minimum Gasteiger partial charge on any atom is -0.480 e. The Kier molecular flexibility index (Phi) is 11.8. The van der Waals surface area contributed by atoms with Crippen LogP contribution in [0.4, 0.5) is 0 Å². The summed E-state index contributed by atoms with van der Waals surface area (Å²) in [5.41, 5.74) is 15.7. The summed E-state index contributed by atoms with van der Waals surface area (Å²) in [4.78, 5) is 70.2. The van der Waals surface area contributed by atoms with Gasteiger partial charge in [-0.15, -0.1) is 0 Å². The minimum absolute atomic E-state index is 0.00900. The fourth-order valence-electron chi connectivity index (χ4n) is 2.43. The monoisotopic (exact) mass is 444 g/mol. The van der Waals surface area contributed by atoms with E-state index in [-0.39, 0.29) is 25.7 Å². The molecule has 0 aromatic rings. The third-order valence-corrected chi connectivity index (χ3v) is 4.33. The maximum absolute atomic E-state index is 12.5. The number of carboxylic acids is 1. The molecule has 0 aliphatic carbocycles. The quantitative estimate of drug-likeness (QED) is 0.146. The number of primary amides is 2. The summed E-state index contributed by atoms with van der Waals surface area (Å²) >= 11 is 0. The van der Waals surface area contributed by atoms with E-state index in [2.05, 4.69) is 16.0 Å². The van der Waals surface area contributed by atoms with Gasteiger partial charge in [0.2, 0.25) is 29.5 Å². The Balaban J connectivity index is 5.12. The number of amides is 5. The Labute approximate surface area is 179 Å². The van der Waals surface area contributed by atoms with Crippen LogP contribution < -0.4 is 33.2 Å². The van der Waals surface area contributed by atoms with E-state index in [1.165, 1.54) is 6.92 Å². The molecule has 176 valence electrons. The van der Waals surface area contributed by atoms with Gasteiger partial charge in [-0.1, -0.05) is 13.8 Å². The maximum atomic E-state index is 12.5. The molecule has 0 spiro atoms. The van der Waals surface area contributed by atoms with Crippen molar-refractivity contribution in [2.75, 3.05) is 0 Å². The summed E-state index contributed by atoms with van der Waals surface area (Å²) < 4.78 is 0. The van der Waals surface area contributed by atoms with Gasteiger partial charge in [-0.05, 0) is 25.7 Å². The summed E-state index contributed by atoms with van der Waals surface area (Å²) in [5.74, 6) is -5.31. The lowest BCUT2D eigenvalue weighted by Gasteiger charge is -2.24. The van der Waals surface area contributed by atoms with Crippen molar-refractivity contribution >= 4 is 35.5 Å². The predicted molar refractivity (Wildman–Crippen MR) is 109 cm³/mol. The lowest BCUT2D eigenvalue weighted by molar-refractivity contribution is -0.143. The summed E-state index contributed by atoms with van der Waals surface area (Å²) in [6, 6.07) is -4.65. The molecule has 4 atom stereocenters. The summed E-state index contributed by atoms with van der Waals surface area (Å²) in [6.07, 6.45) is -0.525. The zero-order chi connectivity index (χ0) is 24.3. The average molecular weight is 444 g/mol. The molecule has 0 radical (unpaired) electrons. The Morgan fingerprint density at radius 3 is 1.74 bits per heavy atom. The Hall–Kier alpha value is -3.22. The molecule has 0 heterocycles. The van der Waals surface area contributed by atoms with E-state index in [9.17, 15) is 33.9 Å². The molecule has 0 aromatic heterocycles. The largest absolute Gasteiger partial charge is 0.480 e. The van der Waals surface area contributed by atoms with Crippen molar-refractivity contribution in [1.82, 2.24) is 16.0 Å². The van der Waals surface area contributed by atoms with Crippen LogP contribution in [0.25, 0.3) is 0 Å². The Morgan fingerprint density at radius 1 is 0.774 bits per heavy atom. The standard InChI is InChI=1S/C18H32N6O7/c1-8(2)14(18(30)31)24-17(29)11(5-7-13(21)26)23-15(27)9(3)22-16(28)10(19)4-6-12(20)25/h8-11,14H,4-7,19H2,1-3H3,(H2,20,25)(H2,21,26)(H,22,28)(H,23,27)(H,24,29)(H,30,31). The lowest BCUT2D eigenvalue weighted by Crippen LogP contribution is -2.57. The molecule has 13 nitrogen and oxygen atoms in total. The van der Waals surface area contributed by atoms with Gasteiger partial charge in [0.1, 0.15) is 18.1 Å². The summed E-state index contributed by atoms with van der Waals surface area (Å²) in [6.45, 7) is 4.52. The highest BCUT2D eigenvalue weighted by atomic mass is 16.4. The first kappa shape index (κ1) is 27.8. The van der Waals surface area contributed by atoms with Crippen LogP contribution in [0, 0.1) is 5.92 Å². The van der Waals surface area contributed by atoms with E-state index in [0.717, 1.165) is 0 Å². The SMILES string of the molecule is CC(NC(=O)C(N)CCC(N)=O)C(=O)NC(CCC(N)=O)C(=O)NC(C(=O)O)C(C)C. The van der Waals surface area contributed by atoms with E-state index in [0.29, 0.717) is 0 Å². The number of carboxylic acid groups (broad SMARTS) is 1. The second kappa shape index (κ2) is 13.2. The molecule has 0 fully saturated rings. The smallest absolute Gasteiger partial charge is 0.326 e. The molecule has 10 N–H and O–H groups in total. The highest BCUT2D eigenvalue weighted by Gasteiger charge is 2.30. The van der Waals surface area contributed by atoms with Crippen molar-refractivity contribution in [3.63, 3.8) is 0 Å². The molecule has 31 heavy (non-hydrogen) atoms.